The molecule has 1 amide bonds. The molecule has 0 saturated carbocycles. The molecule has 3 rings (SSSR count). The van der Waals surface area contributed by atoms with Crippen LogP contribution < -0.4 is 0 Å². The third-order valence-electron chi connectivity index (χ3n) is 4.94. The second kappa shape index (κ2) is 7.20. The molecule has 0 aliphatic carbocycles. The normalized spacial score (nSPS) is 17.5. The summed E-state index contributed by atoms with van der Waals surface area (Å²) in [5.74, 6) is 1.04. The van der Waals surface area contributed by atoms with Crippen molar-refractivity contribution < 1.29 is 9.32 Å². The first-order chi connectivity index (χ1) is 11.6. The Balaban J connectivity index is 1.80. The van der Waals surface area contributed by atoms with E-state index in [1.165, 1.54) is 11.1 Å². The molecule has 4 nitrogen and oxygen atoms in total. The fourth-order valence-corrected chi connectivity index (χ4v) is 3.68. The van der Waals surface area contributed by atoms with Crippen molar-refractivity contribution in [2.24, 2.45) is 0 Å². The number of carbonyl (C=O) groups excluding carboxylic acids is 1. The number of amides is 1. The Kier molecular flexibility index (Phi) is 5.03. The van der Waals surface area contributed by atoms with E-state index in [1.54, 1.807) is 0 Å². The number of hydrogen-bond donors (Lipinski definition) is 0. The number of carbonyl (C=O) groups is 1. The minimum atomic E-state index is 0.187. The van der Waals surface area contributed by atoms with Gasteiger partial charge >= 0.3 is 0 Å². The highest BCUT2D eigenvalue weighted by molar-refractivity contribution is 5.80. The van der Waals surface area contributed by atoms with Gasteiger partial charge in [-0.2, -0.15) is 0 Å². The summed E-state index contributed by atoms with van der Waals surface area (Å²) < 4.78 is 5.41. The summed E-state index contributed by atoms with van der Waals surface area (Å²) in [5, 5.41) is 4.13. The highest BCUT2D eigenvalue weighted by atomic mass is 16.5. The Morgan fingerprint density at radius 3 is 2.88 bits per heavy atom. The van der Waals surface area contributed by atoms with E-state index in [9.17, 15) is 4.79 Å². The molecule has 1 aromatic heterocycles. The lowest BCUT2D eigenvalue weighted by Crippen LogP contribution is -2.32. The third kappa shape index (κ3) is 3.23. The average Bonchev–Trinajstić information content (AvgIpc) is 3.21. The maximum absolute atomic E-state index is 13.0. The van der Waals surface area contributed by atoms with E-state index in [1.807, 2.05) is 11.8 Å². The molecule has 1 fully saturated rings. The van der Waals surface area contributed by atoms with Gasteiger partial charge in [-0.3, -0.25) is 4.79 Å². The zero-order valence-corrected chi connectivity index (χ0v) is 14.8. The van der Waals surface area contributed by atoms with Crippen LogP contribution in [0.15, 0.2) is 28.8 Å². The van der Waals surface area contributed by atoms with E-state index in [0.29, 0.717) is 6.42 Å². The minimum absolute atomic E-state index is 0.187. The maximum atomic E-state index is 13.0. The van der Waals surface area contributed by atoms with Crippen LogP contribution in [0.25, 0.3) is 0 Å². The summed E-state index contributed by atoms with van der Waals surface area (Å²) in [6.45, 7) is 7.03. The molecule has 24 heavy (non-hydrogen) atoms. The summed E-state index contributed by atoms with van der Waals surface area (Å²) in [6.07, 6.45) is 4.08. The van der Waals surface area contributed by atoms with E-state index in [4.69, 9.17) is 4.52 Å². The van der Waals surface area contributed by atoms with Crippen LogP contribution in [-0.4, -0.2) is 22.5 Å². The second-order valence-corrected chi connectivity index (χ2v) is 6.57. The first kappa shape index (κ1) is 16.7. The SMILES string of the molecule is CCc1noc(CC)c1CC(=O)N1CCCC1c1cccc(C)c1. The van der Waals surface area contributed by atoms with Crippen LogP contribution in [0.5, 0.6) is 0 Å². The molecule has 0 radical (unpaired) electrons. The van der Waals surface area contributed by atoms with E-state index >= 15 is 0 Å². The van der Waals surface area contributed by atoms with Gasteiger partial charge in [0, 0.05) is 18.5 Å². The summed E-state index contributed by atoms with van der Waals surface area (Å²) >= 11 is 0. The van der Waals surface area contributed by atoms with Crippen molar-refractivity contribution in [1.29, 1.82) is 0 Å². The topological polar surface area (TPSA) is 46.3 Å². The molecule has 0 N–H and O–H groups in total. The van der Waals surface area contributed by atoms with Crippen LogP contribution in [0.4, 0.5) is 0 Å². The first-order valence-electron chi connectivity index (χ1n) is 8.96. The van der Waals surface area contributed by atoms with Crippen LogP contribution in [0.1, 0.15) is 60.9 Å². The quantitative estimate of drug-likeness (QED) is 0.834. The Morgan fingerprint density at radius 1 is 1.33 bits per heavy atom. The van der Waals surface area contributed by atoms with Crippen molar-refractivity contribution in [3.05, 3.63) is 52.4 Å². The number of hydrogen-bond acceptors (Lipinski definition) is 3. The lowest BCUT2D eigenvalue weighted by atomic mass is 10.0. The average molecular weight is 326 g/mol. The van der Waals surface area contributed by atoms with Gasteiger partial charge in [0.15, 0.2) is 0 Å². The monoisotopic (exact) mass is 326 g/mol. The molecule has 0 bridgehead atoms. The molecule has 0 spiro atoms. The van der Waals surface area contributed by atoms with Crippen molar-refractivity contribution in [3.8, 4) is 0 Å². The van der Waals surface area contributed by atoms with E-state index in [0.717, 1.165) is 49.2 Å². The Hall–Kier alpha value is -2.10. The minimum Gasteiger partial charge on any atom is -0.361 e. The fourth-order valence-electron chi connectivity index (χ4n) is 3.68. The lowest BCUT2D eigenvalue weighted by Gasteiger charge is -2.25. The summed E-state index contributed by atoms with van der Waals surface area (Å²) in [6, 6.07) is 8.72. The van der Waals surface area contributed by atoms with Crippen molar-refractivity contribution in [2.75, 3.05) is 6.54 Å². The molecule has 128 valence electrons. The largest absolute Gasteiger partial charge is 0.361 e. The lowest BCUT2D eigenvalue weighted by molar-refractivity contribution is -0.131. The van der Waals surface area contributed by atoms with E-state index in [-0.39, 0.29) is 11.9 Å². The summed E-state index contributed by atoms with van der Waals surface area (Å²) in [4.78, 5) is 15.0. The zero-order chi connectivity index (χ0) is 17.1. The van der Waals surface area contributed by atoms with Gasteiger partial charge in [0.25, 0.3) is 0 Å². The summed E-state index contributed by atoms with van der Waals surface area (Å²) in [5.41, 5.74) is 4.41. The van der Waals surface area contributed by atoms with Crippen LogP contribution in [-0.2, 0) is 24.1 Å². The number of benzene rings is 1. The van der Waals surface area contributed by atoms with Gasteiger partial charge < -0.3 is 9.42 Å². The molecule has 1 atom stereocenters. The first-order valence-corrected chi connectivity index (χ1v) is 8.96. The molecule has 1 aliphatic heterocycles. The number of nitrogens with zero attached hydrogens (tertiary/aromatic N) is 2. The van der Waals surface area contributed by atoms with Gasteiger partial charge in [0.2, 0.25) is 5.91 Å². The number of likely N-dealkylation sites (tertiary alicyclic amines) is 1. The van der Waals surface area contributed by atoms with Gasteiger partial charge in [0.05, 0.1) is 18.2 Å². The van der Waals surface area contributed by atoms with Crippen molar-refractivity contribution in [3.63, 3.8) is 0 Å². The van der Waals surface area contributed by atoms with Gasteiger partial charge in [-0.1, -0.05) is 48.8 Å². The molecule has 1 aromatic carbocycles. The van der Waals surface area contributed by atoms with Gasteiger partial charge in [-0.25, -0.2) is 0 Å². The molecular formula is C20H26N2O2. The predicted octanol–water partition coefficient (Wildman–Crippen LogP) is 4.01. The third-order valence-corrected chi connectivity index (χ3v) is 4.94. The summed E-state index contributed by atoms with van der Waals surface area (Å²) in [7, 11) is 0. The smallest absolute Gasteiger partial charge is 0.227 e. The Morgan fingerprint density at radius 2 is 2.17 bits per heavy atom. The fraction of sp³-hybridized carbons (Fsp3) is 0.500. The highest BCUT2D eigenvalue weighted by Gasteiger charge is 2.31. The number of rotatable bonds is 5. The number of aryl methyl sites for hydroxylation is 3. The Labute approximate surface area is 143 Å². The molecule has 4 heteroatoms. The maximum Gasteiger partial charge on any atom is 0.227 e. The standard InChI is InChI=1S/C20H26N2O2/c1-4-17-16(19(5-2)24-21-17)13-20(23)22-11-7-10-18(22)15-9-6-8-14(3)12-15/h6,8-9,12,18H,4-5,7,10-11,13H2,1-3H3. The second-order valence-electron chi connectivity index (χ2n) is 6.57. The van der Waals surface area contributed by atoms with Crippen LogP contribution in [0.2, 0.25) is 0 Å². The van der Waals surface area contributed by atoms with Crippen LogP contribution in [0, 0.1) is 6.92 Å². The molecular weight excluding hydrogens is 300 g/mol. The van der Waals surface area contributed by atoms with Gasteiger partial charge in [0.1, 0.15) is 5.76 Å². The molecule has 1 unspecified atom stereocenters. The van der Waals surface area contributed by atoms with E-state index < -0.39 is 0 Å². The molecule has 2 heterocycles. The van der Waals surface area contributed by atoms with Crippen LogP contribution in [0.3, 0.4) is 0 Å². The highest BCUT2D eigenvalue weighted by Crippen LogP contribution is 2.33. The zero-order valence-electron chi connectivity index (χ0n) is 14.8. The molecule has 1 aliphatic rings. The molecule has 2 aromatic rings. The van der Waals surface area contributed by atoms with Crippen LogP contribution >= 0.6 is 0 Å². The van der Waals surface area contributed by atoms with Crippen molar-refractivity contribution in [1.82, 2.24) is 10.1 Å². The van der Waals surface area contributed by atoms with E-state index in [2.05, 4.69) is 43.3 Å². The van der Waals surface area contributed by atoms with Gasteiger partial charge in [-0.05, 0) is 31.7 Å². The molecule has 1 saturated heterocycles. The van der Waals surface area contributed by atoms with Crippen molar-refractivity contribution in [2.45, 2.75) is 58.9 Å². The number of aromatic nitrogens is 1. The predicted molar refractivity (Wildman–Crippen MR) is 93.8 cm³/mol. The van der Waals surface area contributed by atoms with Gasteiger partial charge in [-0.15, -0.1) is 0 Å². The van der Waals surface area contributed by atoms with Crippen molar-refractivity contribution >= 4 is 5.91 Å². The Bertz CT molecular complexity index is 699.